The van der Waals surface area contributed by atoms with Crippen molar-refractivity contribution in [1.29, 1.82) is 0 Å². The number of benzene rings is 1. The number of ether oxygens (including phenoxy) is 2. The lowest BCUT2D eigenvalue weighted by Crippen LogP contribution is -2.26. The van der Waals surface area contributed by atoms with Crippen molar-refractivity contribution in [2.45, 2.75) is 25.6 Å². The minimum atomic E-state index is -0.0744. The lowest BCUT2D eigenvalue weighted by molar-refractivity contribution is 0.0242. The van der Waals surface area contributed by atoms with Gasteiger partial charge in [-0.3, -0.25) is 0 Å². The van der Waals surface area contributed by atoms with Gasteiger partial charge in [0.05, 0.1) is 25.5 Å². The molecular formula is C15H17NO3. The molecule has 1 N–H and O–H groups in total. The molecule has 3 rings (SSSR count). The van der Waals surface area contributed by atoms with Gasteiger partial charge in [0.2, 0.25) is 5.88 Å². The molecule has 1 aromatic heterocycles. The van der Waals surface area contributed by atoms with Crippen LogP contribution in [0.1, 0.15) is 18.5 Å². The van der Waals surface area contributed by atoms with Gasteiger partial charge in [0, 0.05) is 18.2 Å². The zero-order chi connectivity index (χ0) is 13.1. The summed E-state index contributed by atoms with van der Waals surface area (Å²) in [5, 5.41) is 11.3. The summed E-state index contributed by atoms with van der Waals surface area (Å²) in [4.78, 5) is 4.40. The molecular weight excluding hydrogens is 242 g/mol. The van der Waals surface area contributed by atoms with Crippen molar-refractivity contribution in [3.05, 3.63) is 36.0 Å². The highest BCUT2D eigenvalue weighted by Crippen LogP contribution is 2.27. The highest BCUT2D eigenvalue weighted by Gasteiger charge is 2.17. The van der Waals surface area contributed by atoms with Crippen LogP contribution < -0.4 is 4.74 Å². The van der Waals surface area contributed by atoms with Gasteiger partial charge >= 0.3 is 0 Å². The van der Waals surface area contributed by atoms with Crippen LogP contribution >= 0.6 is 0 Å². The second kappa shape index (κ2) is 5.55. The van der Waals surface area contributed by atoms with Gasteiger partial charge in [-0.1, -0.05) is 18.2 Å². The molecule has 1 fully saturated rings. The molecule has 0 amide bonds. The summed E-state index contributed by atoms with van der Waals surface area (Å²) in [5.74, 6) is 0.619. The average Bonchev–Trinajstić information content (AvgIpc) is 2.48. The van der Waals surface area contributed by atoms with Gasteiger partial charge in [-0.15, -0.1) is 0 Å². The molecule has 1 aliphatic heterocycles. The number of hydrogen-bond donors (Lipinski definition) is 1. The van der Waals surface area contributed by atoms with E-state index >= 15 is 0 Å². The Kier molecular flexibility index (Phi) is 3.62. The molecule has 1 saturated heterocycles. The van der Waals surface area contributed by atoms with Crippen LogP contribution in [0.4, 0.5) is 0 Å². The summed E-state index contributed by atoms with van der Waals surface area (Å²) in [6.07, 6.45) is 1.93. The molecule has 19 heavy (non-hydrogen) atoms. The van der Waals surface area contributed by atoms with Gasteiger partial charge < -0.3 is 14.6 Å². The Hall–Kier alpha value is -1.65. The third-order valence-electron chi connectivity index (χ3n) is 3.37. The Morgan fingerprint density at radius 2 is 2.05 bits per heavy atom. The van der Waals surface area contributed by atoms with E-state index in [0.29, 0.717) is 11.6 Å². The molecule has 0 aliphatic carbocycles. The Labute approximate surface area is 112 Å². The second-order valence-electron chi connectivity index (χ2n) is 4.73. The summed E-state index contributed by atoms with van der Waals surface area (Å²) in [6.45, 7) is 1.40. The van der Waals surface area contributed by atoms with Crippen LogP contribution in [-0.4, -0.2) is 29.4 Å². The van der Waals surface area contributed by atoms with Crippen LogP contribution in [0.15, 0.2) is 30.3 Å². The van der Waals surface area contributed by atoms with Crippen molar-refractivity contribution >= 4 is 10.8 Å². The van der Waals surface area contributed by atoms with Gasteiger partial charge in [0.15, 0.2) is 0 Å². The van der Waals surface area contributed by atoms with Gasteiger partial charge in [0.25, 0.3) is 0 Å². The molecule has 1 aromatic carbocycles. The topological polar surface area (TPSA) is 51.6 Å². The predicted molar refractivity (Wildman–Crippen MR) is 72.1 cm³/mol. The molecule has 100 valence electrons. The van der Waals surface area contributed by atoms with Crippen LogP contribution in [0.2, 0.25) is 0 Å². The molecule has 1 aliphatic rings. The molecule has 0 atom stereocenters. The third-order valence-corrected chi connectivity index (χ3v) is 3.37. The zero-order valence-electron chi connectivity index (χ0n) is 10.7. The Morgan fingerprint density at radius 1 is 1.26 bits per heavy atom. The van der Waals surface area contributed by atoms with E-state index in [1.807, 2.05) is 30.3 Å². The minimum absolute atomic E-state index is 0.0744. The fourth-order valence-corrected chi connectivity index (χ4v) is 2.34. The molecule has 2 aromatic rings. The van der Waals surface area contributed by atoms with Gasteiger partial charge in [-0.25, -0.2) is 4.98 Å². The number of aliphatic hydroxyl groups is 1. The normalized spacial score (nSPS) is 16.7. The van der Waals surface area contributed by atoms with Crippen molar-refractivity contribution < 1.29 is 14.6 Å². The fraction of sp³-hybridized carbons (Fsp3) is 0.400. The van der Waals surface area contributed by atoms with Crippen molar-refractivity contribution in [1.82, 2.24) is 4.98 Å². The number of aliphatic hydroxyl groups excluding tert-OH is 1. The molecule has 0 saturated carbocycles. The first-order valence-corrected chi connectivity index (χ1v) is 6.61. The van der Waals surface area contributed by atoms with Crippen LogP contribution in [0, 0.1) is 0 Å². The maximum Gasteiger partial charge on any atom is 0.221 e. The number of nitrogens with zero attached hydrogens (tertiary/aromatic N) is 1. The molecule has 0 unspecified atom stereocenters. The van der Waals surface area contributed by atoms with Crippen LogP contribution in [0.3, 0.4) is 0 Å². The lowest BCUT2D eigenvalue weighted by Gasteiger charge is -2.23. The van der Waals surface area contributed by atoms with E-state index in [9.17, 15) is 5.11 Å². The number of pyridine rings is 1. The largest absolute Gasteiger partial charge is 0.474 e. The Bertz CT molecular complexity index is 564. The van der Waals surface area contributed by atoms with E-state index in [1.165, 1.54) is 0 Å². The minimum Gasteiger partial charge on any atom is -0.474 e. The Balaban J connectivity index is 1.95. The van der Waals surface area contributed by atoms with E-state index in [1.54, 1.807) is 0 Å². The van der Waals surface area contributed by atoms with Crippen molar-refractivity contribution in [2.75, 3.05) is 13.2 Å². The monoisotopic (exact) mass is 259 g/mol. The highest BCUT2D eigenvalue weighted by molar-refractivity contribution is 5.87. The molecule has 4 heteroatoms. The summed E-state index contributed by atoms with van der Waals surface area (Å²) < 4.78 is 11.3. The van der Waals surface area contributed by atoms with Crippen LogP contribution in [0.5, 0.6) is 5.88 Å². The van der Waals surface area contributed by atoms with E-state index < -0.39 is 0 Å². The lowest BCUT2D eigenvalue weighted by atomic mass is 10.1. The number of aromatic nitrogens is 1. The van der Waals surface area contributed by atoms with Crippen molar-refractivity contribution in [3.63, 3.8) is 0 Å². The zero-order valence-corrected chi connectivity index (χ0v) is 10.7. The molecule has 2 heterocycles. The first-order chi connectivity index (χ1) is 9.36. The quantitative estimate of drug-likeness (QED) is 0.918. The third kappa shape index (κ3) is 2.69. The molecule has 4 nitrogen and oxygen atoms in total. The second-order valence-corrected chi connectivity index (χ2v) is 4.73. The predicted octanol–water partition coefficient (Wildman–Crippen LogP) is 2.28. The van der Waals surface area contributed by atoms with Crippen molar-refractivity contribution in [2.24, 2.45) is 0 Å². The summed E-state index contributed by atoms with van der Waals surface area (Å²) in [7, 11) is 0. The van der Waals surface area contributed by atoms with E-state index in [4.69, 9.17) is 9.47 Å². The number of fused-ring (bicyclic) bond motifs is 1. The summed E-state index contributed by atoms with van der Waals surface area (Å²) in [6, 6.07) is 9.85. The van der Waals surface area contributed by atoms with Gasteiger partial charge in [-0.05, 0) is 17.5 Å². The maximum absolute atomic E-state index is 9.29. The Morgan fingerprint density at radius 3 is 2.84 bits per heavy atom. The highest BCUT2D eigenvalue weighted by atomic mass is 16.5. The summed E-state index contributed by atoms with van der Waals surface area (Å²) in [5.41, 5.74) is 0.640. The maximum atomic E-state index is 9.29. The molecule has 0 spiro atoms. The summed E-state index contributed by atoms with van der Waals surface area (Å²) >= 11 is 0. The average molecular weight is 259 g/mol. The number of rotatable bonds is 3. The number of hydrogen-bond acceptors (Lipinski definition) is 4. The first-order valence-electron chi connectivity index (χ1n) is 6.61. The van der Waals surface area contributed by atoms with Crippen LogP contribution in [0.25, 0.3) is 10.8 Å². The molecule has 0 bridgehead atoms. The van der Waals surface area contributed by atoms with E-state index in [2.05, 4.69) is 4.98 Å². The molecule has 0 radical (unpaired) electrons. The standard InChI is InChI=1S/C15H17NO3/c17-10-12-9-11-3-1-2-4-14(11)15(16-12)19-13-5-7-18-8-6-13/h1-4,9,13,17H,5-8,10H2. The van der Waals surface area contributed by atoms with Crippen LogP contribution in [-0.2, 0) is 11.3 Å². The SMILES string of the molecule is OCc1cc2ccccc2c(OC2CCOCC2)n1. The fourth-order valence-electron chi connectivity index (χ4n) is 2.34. The van der Waals surface area contributed by atoms with E-state index in [0.717, 1.165) is 36.8 Å². The van der Waals surface area contributed by atoms with Gasteiger partial charge in [-0.2, -0.15) is 0 Å². The first kappa shape index (κ1) is 12.4. The van der Waals surface area contributed by atoms with E-state index in [-0.39, 0.29) is 12.7 Å². The van der Waals surface area contributed by atoms with Crippen molar-refractivity contribution in [3.8, 4) is 5.88 Å². The smallest absolute Gasteiger partial charge is 0.221 e. The van der Waals surface area contributed by atoms with Gasteiger partial charge in [0.1, 0.15) is 6.10 Å².